The highest BCUT2D eigenvalue weighted by molar-refractivity contribution is 5.70. The first kappa shape index (κ1) is 26.2. The number of methoxy groups -OCH3 is 2. The largest absolute Gasteiger partial charge is 0.505 e. The minimum Gasteiger partial charge on any atom is -0.505 e. The van der Waals surface area contributed by atoms with Crippen molar-refractivity contribution >= 4 is 0 Å². The summed E-state index contributed by atoms with van der Waals surface area (Å²) >= 11 is 0. The Hall–Kier alpha value is -4.08. The number of piperidine rings is 2. The highest BCUT2D eigenvalue weighted by atomic mass is 16.6. The number of ether oxygens (including phenoxy) is 5. The summed E-state index contributed by atoms with van der Waals surface area (Å²) in [5.74, 6) is 3.45. The Kier molecular flexibility index (Phi) is 4.88. The van der Waals surface area contributed by atoms with Gasteiger partial charge in [0.2, 0.25) is 0 Å². The summed E-state index contributed by atoms with van der Waals surface area (Å²) in [5.41, 5.74) is 6.15. The number of benzene rings is 2. The van der Waals surface area contributed by atoms with E-state index in [0.717, 1.165) is 49.9 Å². The van der Waals surface area contributed by atoms with Gasteiger partial charge >= 0.3 is 0 Å². The molecule has 2 saturated heterocycles. The van der Waals surface area contributed by atoms with Crippen LogP contribution in [0.15, 0.2) is 70.6 Å². The molecule has 9 nitrogen and oxygen atoms in total. The molecular weight excluding hydrogens is 572 g/mol. The normalized spacial score (nSPS) is 34.8. The lowest BCUT2D eigenvalue weighted by Crippen LogP contribution is -2.59. The molecule has 0 unspecified atom stereocenters. The van der Waals surface area contributed by atoms with Crippen LogP contribution in [-0.2, 0) is 28.4 Å². The molecule has 2 N–H and O–H groups in total. The maximum absolute atomic E-state index is 12.0. The van der Waals surface area contributed by atoms with Crippen LogP contribution in [0.5, 0.6) is 23.0 Å². The number of aliphatic hydroxyl groups excluding tert-OH is 2. The first-order valence-corrected chi connectivity index (χ1v) is 15.9. The fraction of sp³-hybridized carbons (Fsp3) is 0.444. The molecule has 4 bridgehead atoms. The van der Waals surface area contributed by atoms with Crippen molar-refractivity contribution < 1.29 is 33.9 Å². The van der Waals surface area contributed by atoms with Gasteiger partial charge in [0.25, 0.3) is 0 Å². The summed E-state index contributed by atoms with van der Waals surface area (Å²) in [6.07, 6.45) is 6.05. The maximum atomic E-state index is 12.0. The molecule has 232 valence electrons. The van der Waals surface area contributed by atoms with Crippen LogP contribution < -0.4 is 18.9 Å². The third-order valence-corrected chi connectivity index (χ3v) is 12.3. The minimum absolute atomic E-state index is 0.0349. The number of aliphatic hydroxyl groups is 2. The van der Waals surface area contributed by atoms with E-state index < -0.39 is 23.0 Å². The fourth-order valence-corrected chi connectivity index (χ4v) is 10.2. The van der Waals surface area contributed by atoms with Gasteiger partial charge in [-0.15, -0.1) is 0 Å². The second-order valence-electron chi connectivity index (χ2n) is 13.9. The standard InChI is InChI=1S/C36H36N2O7/c1-37-11-9-35-19-15-25(29(39)33(35)44-31-23(41-3)7-5-17(27(31)35)13-21(19)37)43-26-16-20-22-14-18-6-8-24(42-4)32-28(18)36(20,10-12-38(22)2)34(45-32)30(26)40/h5-8,15-16,21-22,33-34,39-40H,9-14H2,1-4H3/t21-,22-,33+,34+,35+,36+/m1/s1. The van der Waals surface area contributed by atoms with Gasteiger partial charge in [0.15, 0.2) is 58.2 Å². The van der Waals surface area contributed by atoms with E-state index in [1.54, 1.807) is 14.2 Å². The summed E-state index contributed by atoms with van der Waals surface area (Å²) in [6, 6.07) is 8.51. The van der Waals surface area contributed by atoms with E-state index in [2.05, 4.69) is 36.0 Å². The van der Waals surface area contributed by atoms with Gasteiger partial charge < -0.3 is 33.9 Å². The molecule has 0 amide bonds. The van der Waals surface area contributed by atoms with Crippen LogP contribution in [0.4, 0.5) is 0 Å². The first-order chi connectivity index (χ1) is 21.8. The summed E-state index contributed by atoms with van der Waals surface area (Å²) in [4.78, 5) is 4.77. The molecule has 8 aliphatic rings. The third kappa shape index (κ3) is 2.85. The summed E-state index contributed by atoms with van der Waals surface area (Å²) in [6.45, 7) is 1.78. The number of nitrogens with zero attached hydrogens (tertiary/aromatic N) is 2. The van der Waals surface area contributed by atoms with Crippen molar-refractivity contribution in [2.45, 2.75) is 60.8 Å². The number of hydrogen-bond donors (Lipinski definition) is 2. The van der Waals surface area contributed by atoms with Crippen molar-refractivity contribution in [1.29, 1.82) is 0 Å². The number of hydrogen-bond acceptors (Lipinski definition) is 9. The van der Waals surface area contributed by atoms with Crippen molar-refractivity contribution in [1.82, 2.24) is 9.80 Å². The molecule has 45 heavy (non-hydrogen) atoms. The van der Waals surface area contributed by atoms with Gasteiger partial charge in [0, 0.05) is 23.2 Å². The molecule has 2 fully saturated rings. The fourth-order valence-electron chi connectivity index (χ4n) is 10.2. The van der Waals surface area contributed by atoms with Gasteiger partial charge in [-0.3, -0.25) is 9.80 Å². The molecule has 4 aliphatic heterocycles. The van der Waals surface area contributed by atoms with E-state index in [9.17, 15) is 10.2 Å². The van der Waals surface area contributed by atoms with E-state index in [4.69, 9.17) is 23.7 Å². The Morgan fingerprint density at radius 2 is 1.16 bits per heavy atom. The van der Waals surface area contributed by atoms with Crippen LogP contribution in [0, 0.1) is 0 Å². The molecule has 4 aliphatic carbocycles. The van der Waals surface area contributed by atoms with Crippen LogP contribution >= 0.6 is 0 Å². The predicted molar refractivity (Wildman–Crippen MR) is 164 cm³/mol. The minimum atomic E-state index is -0.640. The van der Waals surface area contributed by atoms with Crippen molar-refractivity contribution in [3.05, 3.63) is 92.9 Å². The van der Waals surface area contributed by atoms with Crippen LogP contribution in [0.2, 0.25) is 0 Å². The Balaban J connectivity index is 1.12. The van der Waals surface area contributed by atoms with Gasteiger partial charge in [-0.25, -0.2) is 0 Å². The maximum Gasteiger partial charge on any atom is 0.177 e. The van der Waals surface area contributed by atoms with E-state index in [1.165, 1.54) is 22.3 Å². The van der Waals surface area contributed by atoms with Crippen molar-refractivity contribution in [3.63, 3.8) is 0 Å². The lowest BCUT2D eigenvalue weighted by Gasteiger charge is -2.53. The van der Waals surface area contributed by atoms with Gasteiger partial charge in [-0.2, -0.15) is 0 Å². The van der Waals surface area contributed by atoms with Crippen molar-refractivity contribution in [3.8, 4) is 23.0 Å². The Morgan fingerprint density at radius 1 is 0.711 bits per heavy atom. The summed E-state index contributed by atoms with van der Waals surface area (Å²) in [5, 5.41) is 24.0. The summed E-state index contributed by atoms with van der Waals surface area (Å²) in [7, 11) is 7.63. The molecular formula is C36H36N2O7. The Bertz CT molecular complexity index is 1740. The monoisotopic (exact) mass is 608 g/mol. The second kappa shape index (κ2) is 8.39. The van der Waals surface area contributed by atoms with Crippen LogP contribution in [-0.4, -0.2) is 85.7 Å². The van der Waals surface area contributed by atoms with Crippen molar-refractivity contribution in [2.24, 2.45) is 0 Å². The zero-order valence-corrected chi connectivity index (χ0v) is 25.8. The van der Waals surface area contributed by atoms with Crippen LogP contribution in [0.3, 0.4) is 0 Å². The number of likely N-dealkylation sites (N-methyl/N-ethyl adjacent to an activating group) is 2. The van der Waals surface area contributed by atoms with Gasteiger partial charge in [0.1, 0.15) is 0 Å². The van der Waals surface area contributed by atoms with Crippen molar-refractivity contribution in [2.75, 3.05) is 41.4 Å². The molecule has 0 radical (unpaired) electrons. The predicted octanol–water partition coefficient (Wildman–Crippen LogP) is 4.36. The highest BCUT2D eigenvalue weighted by Crippen LogP contribution is 2.65. The average Bonchev–Trinajstić information content (AvgIpc) is 3.58. The zero-order valence-electron chi connectivity index (χ0n) is 25.8. The topological polar surface area (TPSA) is 93.1 Å². The molecule has 2 aromatic rings. The summed E-state index contributed by atoms with van der Waals surface area (Å²) < 4.78 is 31.4. The lowest BCUT2D eigenvalue weighted by molar-refractivity contribution is 0.0645. The van der Waals surface area contributed by atoms with Crippen LogP contribution in [0.1, 0.15) is 35.1 Å². The number of rotatable bonds is 4. The molecule has 6 atom stereocenters. The molecule has 4 heterocycles. The van der Waals surface area contributed by atoms with E-state index in [-0.39, 0.29) is 23.6 Å². The van der Waals surface area contributed by atoms with Gasteiger partial charge in [-0.05, 0) is 99.4 Å². The molecule has 2 spiro atoms. The Labute approximate surface area is 261 Å². The SMILES string of the molecule is COc1ccc2c3c1O[C@H]1C(O)=C(OC4=C(O)[C@@H]5Oc6c(OC)ccc7c6[C@@]56CCN(C)[C@H](C7)C6=C4)C=C4[C@@H](C2)N(C)CC[C@]431. The number of likely N-dealkylation sites (tertiary alicyclic amines) is 2. The molecule has 10 rings (SSSR count). The van der Waals surface area contributed by atoms with E-state index in [0.29, 0.717) is 34.5 Å². The number of allylic oxidation sites excluding steroid dienone is 2. The zero-order chi connectivity index (χ0) is 30.6. The van der Waals surface area contributed by atoms with Crippen LogP contribution in [0.25, 0.3) is 0 Å². The molecule has 0 saturated carbocycles. The van der Waals surface area contributed by atoms with Gasteiger partial charge in [-0.1, -0.05) is 12.1 Å². The van der Waals surface area contributed by atoms with E-state index in [1.807, 2.05) is 24.3 Å². The Morgan fingerprint density at radius 3 is 1.58 bits per heavy atom. The van der Waals surface area contributed by atoms with Gasteiger partial charge in [0.05, 0.1) is 25.0 Å². The molecule has 9 heteroatoms. The first-order valence-electron chi connectivity index (χ1n) is 15.9. The lowest BCUT2D eigenvalue weighted by atomic mass is 9.57. The third-order valence-electron chi connectivity index (χ3n) is 12.3. The second-order valence-corrected chi connectivity index (χ2v) is 13.9. The average molecular weight is 609 g/mol. The molecule has 0 aromatic heterocycles. The quantitative estimate of drug-likeness (QED) is 0.526. The highest BCUT2D eigenvalue weighted by Gasteiger charge is 2.65. The smallest absolute Gasteiger partial charge is 0.177 e. The molecule has 2 aromatic carbocycles. The van der Waals surface area contributed by atoms with E-state index >= 15 is 0 Å².